The summed E-state index contributed by atoms with van der Waals surface area (Å²) in [6.45, 7) is 1.89. The van der Waals surface area contributed by atoms with Gasteiger partial charge in [-0.3, -0.25) is 9.29 Å². The Morgan fingerprint density at radius 2 is 1.71 bits per heavy atom. The third-order valence-electron chi connectivity index (χ3n) is 4.49. The lowest BCUT2D eigenvalue weighted by Gasteiger charge is -2.12. The highest BCUT2D eigenvalue weighted by Crippen LogP contribution is 2.26. The number of hydrogen-bond acceptors (Lipinski definition) is 7. The first kappa shape index (κ1) is 20.4. The van der Waals surface area contributed by atoms with Crippen molar-refractivity contribution in [2.24, 2.45) is 0 Å². The van der Waals surface area contributed by atoms with Crippen LogP contribution in [0.1, 0.15) is 5.82 Å². The quantitative estimate of drug-likeness (QED) is 0.456. The number of nitrogens with zero attached hydrogens (tertiary/aromatic N) is 4. The summed E-state index contributed by atoms with van der Waals surface area (Å²) in [4.78, 5) is 12.8. The van der Waals surface area contributed by atoms with Crippen LogP contribution in [0.4, 0.5) is 17.2 Å². The predicted octanol–water partition coefficient (Wildman–Crippen LogP) is 3.52. The zero-order chi connectivity index (χ0) is 21.8. The lowest BCUT2D eigenvalue weighted by atomic mass is 10.3. The van der Waals surface area contributed by atoms with Gasteiger partial charge in [0.1, 0.15) is 34.4 Å². The minimum atomic E-state index is -3.79. The fourth-order valence-electron chi connectivity index (χ4n) is 2.99. The highest BCUT2D eigenvalue weighted by atomic mass is 32.2. The molecule has 0 spiro atoms. The third-order valence-corrected chi connectivity index (χ3v) is 5.91. The van der Waals surface area contributed by atoms with E-state index in [1.54, 1.807) is 54.7 Å². The second-order valence-electron chi connectivity index (χ2n) is 6.56. The van der Waals surface area contributed by atoms with Crippen molar-refractivity contribution in [2.45, 2.75) is 11.8 Å². The van der Waals surface area contributed by atoms with Crippen molar-refractivity contribution in [3.8, 4) is 11.6 Å². The van der Waals surface area contributed by atoms with E-state index in [9.17, 15) is 8.42 Å². The van der Waals surface area contributed by atoms with E-state index in [1.165, 1.54) is 19.5 Å². The molecule has 2 heterocycles. The monoisotopic (exact) mass is 436 g/mol. The maximum absolute atomic E-state index is 12.7. The van der Waals surface area contributed by atoms with E-state index in [2.05, 4.69) is 25.0 Å². The van der Waals surface area contributed by atoms with Crippen molar-refractivity contribution in [1.82, 2.24) is 19.5 Å². The zero-order valence-corrected chi connectivity index (χ0v) is 17.7. The smallest absolute Gasteiger partial charge is 0.265 e. The number of methoxy groups -OCH3 is 1. The molecule has 158 valence electrons. The molecule has 0 aliphatic heterocycles. The van der Waals surface area contributed by atoms with Crippen molar-refractivity contribution in [2.75, 3.05) is 17.1 Å². The summed E-state index contributed by atoms with van der Waals surface area (Å²) in [5.74, 6) is 2.38. The molecule has 0 fully saturated rings. The fourth-order valence-corrected chi connectivity index (χ4v) is 4.22. The highest BCUT2D eigenvalue weighted by Gasteiger charge is 2.19. The number of hydrogen-bond donors (Lipinski definition) is 2. The van der Waals surface area contributed by atoms with Crippen molar-refractivity contribution in [3.63, 3.8) is 0 Å². The van der Waals surface area contributed by atoms with Crippen molar-refractivity contribution in [3.05, 3.63) is 79.1 Å². The van der Waals surface area contributed by atoms with Gasteiger partial charge in [-0.1, -0.05) is 12.1 Å². The molecule has 9 nitrogen and oxygen atoms in total. The molecule has 0 aliphatic rings. The molecule has 31 heavy (non-hydrogen) atoms. The molecular formula is C21H20N6O3S. The van der Waals surface area contributed by atoms with Gasteiger partial charge in [-0.05, 0) is 43.3 Å². The first-order valence-corrected chi connectivity index (χ1v) is 10.8. The van der Waals surface area contributed by atoms with Gasteiger partial charge in [0.25, 0.3) is 10.0 Å². The van der Waals surface area contributed by atoms with E-state index in [0.717, 1.165) is 11.5 Å². The van der Waals surface area contributed by atoms with Crippen LogP contribution in [0.3, 0.4) is 0 Å². The third kappa shape index (κ3) is 4.48. The van der Waals surface area contributed by atoms with E-state index in [-0.39, 0.29) is 10.6 Å². The van der Waals surface area contributed by atoms with Crippen LogP contribution >= 0.6 is 0 Å². The Hall–Kier alpha value is -3.92. The number of nitrogens with one attached hydrogen (secondary N) is 2. The summed E-state index contributed by atoms with van der Waals surface area (Å²) in [6, 6.07) is 15.1. The zero-order valence-electron chi connectivity index (χ0n) is 16.9. The molecule has 0 aliphatic carbocycles. The Morgan fingerprint density at radius 3 is 2.42 bits per heavy atom. The fraction of sp³-hybridized carbons (Fsp3) is 0.0952. The number of imidazole rings is 1. The first-order chi connectivity index (χ1) is 15.0. The minimum absolute atomic E-state index is 0.0722. The maximum Gasteiger partial charge on any atom is 0.265 e. The van der Waals surface area contributed by atoms with E-state index < -0.39 is 10.0 Å². The summed E-state index contributed by atoms with van der Waals surface area (Å²) in [5.41, 5.74) is 1.17. The molecular weight excluding hydrogens is 416 g/mol. The Morgan fingerprint density at radius 1 is 0.968 bits per heavy atom. The minimum Gasteiger partial charge on any atom is -0.495 e. The van der Waals surface area contributed by atoms with Gasteiger partial charge in [-0.25, -0.2) is 23.4 Å². The van der Waals surface area contributed by atoms with E-state index in [0.29, 0.717) is 17.3 Å². The van der Waals surface area contributed by atoms with Gasteiger partial charge in [0.05, 0.1) is 7.11 Å². The molecule has 10 heteroatoms. The van der Waals surface area contributed by atoms with Crippen molar-refractivity contribution < 1.29 is 13.2 Å². The van der Waals surface area contributed by atoms with Crippen LogP contribution in [0, 0.1) is 6.92 Å². The summed E-state index contributed by atoms with van der Waals surface area (Å²) in [7, 11) is -2.36. The second-order valence-corrected chi connectivity index (χ2v) is 8.22. The Bertz CT molecular complexity index is 1300. The molecule has 2 aromatic heterocycles. The molecule has 0 radical (unpaired) electrons. The average Bonchev–Trinajstić information content (AvgIpc) is 3.21. The van der Waals surface area contributed by atoms with Gasteiger partial charge >= 0.3 is 0 Å². The molecule has 0 bridgehead atoms. The lowest BCUT2D eigenvalue weighted by molar-refractivity contribution is 0.403. The van der Waals surface area contributed by atoms with Gasteiger partial charge in [0, 0.05) is 29.8 Å². The number of rotatable bonds is 7. The van der Waals surface area contributed by atoms with Crippen molar-refractivity contribution in [1.29, 1.82) is 0 Å². The number of aromatic nitrogens is 4. The molecule has 0 unspecified atom stereocenters. The van der Waals surface area contributed by atoms with Crippen LogP contribution in [0.15, 0.2) is 78.2 Å². The van der Waals surface area contributed by atoms with Gasteiger partial charge in [-0.15, -0.1) is 0 Å². The number of benzene rings is 2. The van der Waals surface area contributed by atoms with Crippen molar-refractivity contribution >= 4 is 27.2 Å². The second kappa shape index (κ2) is 8.44. The number of para-hydroxylation sites is 1. The SMILES string of the molecule is COc1ccccc1S(=O)(=O)Nc1ccc(Nc2cc(-n3ccnc3C)ncn2)cc1. The van der Waals surface area contributed by atoms with Crippen LogP contribution in [0.5, 0.6) is 5.75 Å². The van der Waals surface area contributed by atoms with Gasteiger partial charge in [0.2, 0.25) is 0 Å². The van der Waals surface area contributed by atoms with Crippen LogP contribution in [0.25, 0.3) is 5.82 Å². The van der Waals surface area contributed by atoms with E-state index in [1.807, 2.05) is 17.7 Å². The van der Waals surface area contributed by atoms with Crippen LogP contribution in [-0.4, -0.2) is 35.0 Å². The highest BCUT2D eigenvalue weighted by molar-refractivity contribution is 7.92. The summed E-state index contributed by atoms with van der Waals surface area (Å²) in [6.07, 6.45) is 4.99. The van der Waals surface area contributed by atoms with E-state index >= 15 is 0 Å². The molecule has 2 N–H and O–H groups in total. The van der Waals surface area contributed by atoms with Crippen LogP contribution in [-0.2, 0) is 10.0 Å². The molecule has 0 atom stereocenters. The van der Waals surface area contributed by atoms with Crippen LogP contribution < -0.4 is 14.8 Å². The molecule has 0 saturated heterocycles. The predicted molar refractivity (Wildman–Crippen MR) is 117 cm³/mol. The Labute approximate surface area is 179 Å². The summed E-state index contributed by atoms with van der Waals surface area (Å²) >= 11 is 0. The molecule has 4 aromatic rings. The van der Waals surface area contributed by atoms with Gasteiger partial charge in [-0.2, -0.15) is 0 Å². The maximum atomic E-state index is 12.7. The molecule has 4 rings (SSSR count). The number of anilines is 3. The molecule has 0 amide bonds. The molecule has 0 saturated carbocycles. The Balaban J connectivity index is 1.50. The first-order valence-electron chi connectivity index (χ1n) is 9.31. The summed E-state index contributed by atoms with van der Waals surface area (Å²) < 4.78 is 35.0. The number of sulfonamides is 1. The average molecular weight is 436 g/mol. The molecule has 2 aromatic carbocycles. The van der Waals surface area contributed by atoms with Crippen LogP contribution in [0.2, 0.25) is 0 Å². The number of aryl methyl sites for hydroxylation is 1. The summed E-state index contributed by atoms with van der Waals surface area (Å²) in [5, 5.41) is 3.18. The topological polar surface area (TPSA) is 111 Å². The van der Waals surface area contributed by atoms with Gasteiger partial charge in [0.15, 0.2) is 0 Å². The normalized spacial score (nSPS) is 11.2. The number of ether oxygens (including phenoxy) is 1. The van der Waals surface area contributed by atoms with Gasteiger partial charge < -0.3 is 10.1 Å². The largest absolute Gasteiger partial charge is 0.495 e. The van der Waals surface area contributed by atoms with E-state index in [4.69, 9.17) is 4.74 Å². The standard InChI is InChI=1S/C21H20N6O3S/c1-15-22-11-12-27(15)21-13-20(23-14-24-21)25-16-7-9-17(10-8-16)26-31(28,29)19-6-4-3-5-18(19)30-2/h3-14,26H,1-2H3,(H,23,24,25). The Kier molecular flexibility index (Phi) is 5.54. The lowest BCUT2D eigenvalue weighted by Crippen LogP contribution is -2.14.